The molecule has 1 aromatic rings. The van der Waals surface area contributed by atoms with Gasteiger partial charge in [0.25, 0.3) is 0 Å². The number of rotatable bonds is 6. The van der Waals surface area contributed by atoms with Gasteiger partial charge in [-0.15, -0.1) is 0 Å². The molecule has 0 atom stereocenters. The lowest BCUT2D eigenvalue weighted by atomic mass is 10.0. The van der Waals surface area contributed by atoms with E-state index in [9.17, 15) is 9.59 Å². The quantitative estimate of drug-likeness (QED) is 0.866. The van der Waals surface area contributed by atoms with Crippen molar-refractivity contribution in [3.05, 3.63) is 29.8 Å². The summed E-state index contributed by atoms with van der Waals surface area (Å²) in [7, 11) is 1.59. The average molecular weight is 306 g/mol. The number of methoxy groups -OCH3 is 1. The Balaban J connectivity index is 1.88. The largest absolute Gasteiger partial charge is 0.497 e. The molecule has 6 nitrogen and oxygen atoms in total. The minimum atomic E-state index is -0.475. The molecule has 0 radical (unpaired) electrons. The van der Waals surface area contributed by atoms with Crippen molar-refractivity contribution in [3.63, 3.8) is 0 Å². The molecular formula is C16H22N2O4. The minimum Gasteiger partial charge on any atom is -0.497 e. The van der Waals surface area contributed by atoms with Crippen LogP contribution in [0.3, 0.4) is 0 Å². The number of hydrogen-bond donors (Lipinski definition) is 1. The second-order valence-electron chi connectivity index (χ2n) is 5.88. The average Bonchev–Trinajstić information content (AvgIpc) is 2.92. The predicted molar refractivity (Wildman–Crippen MR) is 81.8 cm³/mol. The fraction of sp³-hybridized carbons (Fsp3) is 0.500. The lowest BCUT2D eigenvalue weighted by Crippen LogP contribution is -2.52. The number of nitrogens with one attached hydrogen (secondary N) is 1. The maximum absolute atomic E-state index is 12.1. The van der Waals surface area contributed by atoms with Crippen molar-refractivity contribution in [1.29, 1.82) is 0 Å². The summed E-state index contributed by atoms with van der Waals surface area (Å²) < 4.78 is 10.1. The molecule has 1 saturated heterocycles. The lowest BCUT2D eigenvalue weighted by molar-refractivity contribution is -0.120. The van der Waals surface area contributed by atoms with E-state index in [2.05, 4.69) is 5.32 Å². The van der Waals surface area contributed by atoms with Crippen molar-refractivity contribution in [3.8, 4) is 5.75 Å². The van der Waals surface area contributed by atoms with E-state index in [1.165, 1.54) is 0 Å². The normalized spacial score (nSPS) is 14.7. The minimum absolute atomic E-state index is 0.0890. The SMILES string of the molecule is COc1cccc(CC(=O)NCC(C)(C)N2CCOC2=O)c1. The number of amides is 2. The van der Waals surface area contributed by atoms with Crippen LogP contribution in [0.25, 0.3) is 0 Å². The first-order valence-corrected chi connectivity index (χ1v) is 7.26. The van der Waals surface area contributed by atoms with E-state index in [-0.39, 0.29) is 18.4 Å². The van der Waals surface area contributed by atoms with Crippen LogP contribution in [-0.2, 0) is 16.0 Å². The van der Waals surface area contributed by atoms with Gasteiger partial charge in [0.2, 0.25) is 5.91 Å². The highest BCUT2D eigenvalue weighted by molar-refractivity contribution is 5.79. The standard InChI is InChI=1S/C16H22N2O4/c1-16(2,18-7-8-22-15(18)20)11-17-14(19)10-12-5-4-6-13(9-12)21-3/h4-6,9H,7-8,10-11H2,1-3H3,(H,17,19). The summed E-state index contributed by atoms with van der Waals surface area (Å²) >= 11 is 0. The molecule has 0 unspecified atom stereocenters. The number of cyclic esters (lactones) is 1. The molecule has 2 rings (SSSR count). The second-order valence-corrected chi connectivity index (χ2v) is 5.88. The van der Waals surface area contributed by atoms with Crippen LogP contribution in [0.1, 0.15) is 19.4 Å². The van der Waals surface area contributed by atoms with Gasteiger partial charge >= 0.3 is 6.09 Å². The van der Waals surface area contributed by atoms with Crippen LogP contribution in [0, 0.1) is 0 Å². The Kier molecular flexibility index (Phi) is 4.90. The Labute approximate surface area is 130 Å². The highest BCUT2D eigenvalue weighted by Crippen LogP contribution is 2.18. The predicted octanol–water partition coefficient (Wildman–Crippen LogP) is 1.58. The zero-order valence-corrected chi connectivity index (χ0v) is 13.2. The fourth-order valence-corrected chi connectivity index (χ4v) is 2.38. The Morgan fingerprint density at radius 1 is 1.45 bits per heavy atom. The molecule has 2 amide bonds. The van der Waals surface area contributed by atoms with E-state index in [4.69, 9.17) is 9.47 Å². The van der Waals surface area contributed by atoms with Crippen molar-refractivity contribution >= 4 is 12.0 Å². The van der Waals surface area contributed by atoms with Gasteiger partial charge in [-0.1, -0.05) is 12.1 Å². The molecule has 22 heavy (non-hydrogen) atoms. The Hall–Kier alpha value is -2.24. The fourth-order valence-electron chi connectivity index (χ4n) is 2.38. The van der Waals surface area contributed by atoms with Crippen molar-refractivity contribution < 1.29 is 19.1 Å². The maximum atomic E-state index is 12.1. The summed E-state index contributed by atoms with van der Waals surface area (Å²) in [6, 6.07) is 7.41. The molecule has 0 aliphatic carbocycles. The first-order valence-electron chi connectivity index (χ1n) is 7.26. The van der Waals surface area contributed by atoms with Crippen LogP contribution in [0.5, 0.6) is 5.75 Å². The maximum Gasteiger partial charge on any atom is 0.410 e. The third-order valence-corrected chi connectivity index (χ3v) is 3.71. The van der Waals surface area contributed by atoms with E-state index in [0.717, 1.165) is 11.3 Å². The summed E-state index contributed by atoms with van der Waals surface area (Å²) in [5, 5.41) is 2.88. The molecule has 0 aromatic heterocycles. The third kappa shape index (κ3) is 3.90. The van der Waals surface area contributed by atoms with Crippen molar-refractivity contribution in [2.75, 3.05) is 26.8 Å². The number of benzene rings is 1. The molecule has 1 N–H and O–H groups in total. The van der Waals surface area contributed by atoms with Crippen LogP contribution in [0.15, 0.2) is 24.3 Å². The summed E-state index contributed by atoms with van der Waals surface area (Å²) in [5.74, 6) is 0.638. The number of ether oxygens (including phenoxy) is 2. The van der Waals surface area contributed by atoms with Gasteiger partial charge in [0.05, 0.1) is 25.6 Å². The van der Waals surface area contributed by atoms with Gasteiger partial charge in [0.1, 0.15) is 12.4 Å². The van der Waals surface area contributed by atoms with Gasteiger partial charge in [-0.2, -0.15) is 0 Å². The van der Waals surface area contributed by atoms with Gasteiger partial charge in [0.15, 0.2) is 0 Å². The van der Waals surface area contributed by atoms with E-state index < -0.39 is 5.54 Å². The van der Waals surface area contributed by atoms with Crippen LogP contribution in [0.4, 0.5) is 4.79 Å². The molecular weight excluding hydrogens is 284 g/mol. The lowest BCUT2D eigenvalue weighted by Gasteiger charge is -2.33. The molecule has 1 aromatic carbocycles. The highest BCUT2D eigenvalue weighted by Gasteiger charge is 2.35. The highest BCUT2D eigenvalue weighted by atomic mass is 16.6. The topological polar surface area (TPSA) is 67.9 Å². The molecule has 1 aliphatic heterocycles. The van der Waals surface area contributed by atoms with Crippen LogP contribution >= 0.6 is 0 Å². The van der Waals surface area contributed by atoms with Crippen molar-refractivity contribution in [2.24, 2.45) is 0 Å². The van der Waals surface area contributed by atoms with Gasteiger partial charge in [-0.25, -0.2) is 4.79 Å². The second kappa shape index (κ2) is 6.68. The summed E-state index contributed by atoms with van der Waals surface area (Å²) in [5.41, 5.74) is 0.410. The number of carbonyl (C=O) groups excluding carboxylic acids is 2. The van der Waals surface area contributed by atoms with Crippen molar-refractivity contribution in [1.82, 2.24) is 10.2 Å². The zero-order chi connectivity index (χ0) is 16.2. The molecule has 120 valence electrons. The molecule has 0 saturated carbocycles. The molecule has 1 heterocycles. The van der Waals surface area contributed by atoms with Crippen molar-refractivity contribution in [2.45, 2.75) is 25.8 Å². The number of nitrogens with zero attached hydrogens (tertiary/aromatic N) is 1. The van der Waals surface area contributed by atoms with Crippen LogP contribution in [0.2, 0.25) is 0 Å². The van der Waals surface area contributed by atoms with Gasteiger partial charge < -0.3 is 14.8 Å². The van der Waals surface area contributed by atoms with Crippen LogP contribution in [-0.4, -0.2) is 49.2 Å². The number of carbonyl (C=O) groups is 2. The first kappa shape index (κ1) is 16.1. The summed E-state index contributed by atoms with van der Waals surface area (Å²) in [6.45, 7) is 5.15. The van der Waals surface area contributed by atoms with E-state index in [0.29, 0.717) is 19.7 Å². The summed E-state index contributed by atoms with van der Waals surface area (Å²) in [6.07, 6.45) is -0.0513. The first-order chi connectivity index (χ1) is 10.4. The van der Waals surface area contributed by atoms with Gasteiger partial charge in [-0.3, -0.25) is 9.69 Å². The van der Waals surface area contributed by atoms with E-state index in [1.54, 1.807) is 12.0 Å². The van der Waals surface area contributed by atoms with Gasteiger partial charge in [0, 0.05) is 6.54 Å². The monoisotopic (exact) mass is 306 g/mol. The molecule has 6 heteroatoms. The molecule has 1 fully saturated rings. The Morgan fingerprint density at radius 3 is 2.86 bits per heavy atom. The summed E-state index contributed by atoms with van der Waals surface area (Å²) in [4.78, 5) is 25.3. The molecule has 1 aliphatic rings. The van der Waals surface area contributed by atoms with E-state index >= 15 is 0 Å². The number of hydrogen-bond acceptors (Lipinski definition) is 4. The smallest absolute Gasteiger partial charge is 0.410 e. The van der Waals surface area contributed by atoms with Gasteiger partial charge in [-0.05, 0) is 31.5 Å². The zero-order valence-electron chi connectivity index (χ0n) is 13.2. The van der Waals surface area contributed by atoms with E-state index in [1.807, 2.05) is 38.1 Å². The molecule has 0 spiro atoms. The third-order valence-electron chi connectivity index (χ3n) is 3.71. The molecule has 0 bridgehead atoms. The van der Waals surface area contributed by atoms with Crippen LogP contribution < -0.4 is 10.1 Å². The Bertz CT molecular complexity index is 557. The Morgan fingerprint density at radius 2 is 2.23 bits per heavy atom.